The Morgan fingerprint density at radius 1 is 0.966 bits per heavy atom. The number of fused-ring (bicyclic) bond motifs is 1. The first kappa shape index (κ1) is 18.8. The van der Waals surface area contributed by atoms with Crippen LogP contribution in [0.3, 0.4) is 0 Å². The number of rotatable bonds is 2. The van der Waals surface area contributed by atoms with E-state index in [-0.39, 0.29) is 33.9 Å². The Labute approximate surface area is 160 Å². The van der Waals surface area contributed by atoms with E-state index >= 15 is 0 Å². The van der Waals surface area contributed by atoms with Crippen LogP contribution in [0.2, 0.25) is 0 Å². The van der Waals surface area contributed by atoms with E-state index in [0.29, 0.717) is 11.3 Å². The number of alkyl halides is 3. The van der Waals surface area contributed by atoms with Gasteiger partial charge in [-0.25, -0.2) is 23.7 Å². The van der Waals surface area contributed by atoms with Gasteiger partial charge in [-0.2, -0.15) is 13.2 Å². The quantitative estimate of drug-likeness (QED) is 0.466. The van der Waals surface area contributed by atoms with E-state index in [1.54, 1.807) is 6.92 Å². The van der Waals surface area contributed by atoms with Crippen LogP contribution in [0, 0.1) is 18.6 Å². The predicted octanol–water partition coefficient (Wildman–Crippen LogP) is 4.87. The van der Waals surface area contributed by atoms with Crippen molar-refractivity contribution in [3.05, 3.63) is 59.4 Å². The molecule has 0 aliphatic carbocycles. The SMILES string of the molecule is Cc1nc(N)ncc1-c1cc2[nH]c(-c3ccc(C(F)(F)F)cc3)nc2c(F)c1F. The van der Waals surface area contributed by atoms with Gasteiger partial charge in [0, 0.05) is 22.9 Å². The number of aryl methyl sites for hydroxylation is 1. The maximum absolute atomic E-state index is 14.7. The lowest BCUT2D eigenvalue weighted by Gasteiger charge is -2.07. The van der Waals surface area contributed by atoms with Crippen LogP contribution in [0.1, 0.15) is 11.3 Å². The standard InChI is InChI=1S/C19H12F5N5/c1-8-12(7-26-18(25)27-8)11-6-13-16(15(21)14(11)20)29-17(28-13)9-2-4-10(5-3-9)19(22,23)24/h2-7H,1H3,(H,28,29)(H2,25,26,27). The van der Waals surface area contributed by atoms with E-state index in [1.807, 2.05) is 0 Å². The summed E-state index contributed by atoms with van der Waals surface area (Å²) in [6, 6.07) is 5.53. The first-order chi connectivity index (χ1) is 13.6. The van der Waals surface area contributed by atoms with Crippen molar-refractivity contribution >= 4 is 17.0 Å². The average molecular weight is 405 g/mol. The number of nitrogens with one attached hydrogen (secondary N) is 1. The van der Waals surface area contributed by atoms with Gasteiger partial charge in [-0.3, -0.25) is 0 Å². The van der Waals surface area contributed by atoms with Gasteiger partial charge in [-0.15, -0.1) is 0 Å². The number of aromatic nitrogens is 4. The fourth-order valence-electron chi connectivity index (χ4n) is 2.99. The van der Waals surface area contributed by atoms with E-state index in [4.69, 9.17) is 5.73 Å². The molecule has 0 saturated heterocycles. The van der Waals surface area contributed by atoms with Crippen LogP contribution in [0.15, 0.2) is 36.5 Å². The number of hydrogen-bond acceptors (Lipinski definition) is 4. The third-order valence-electron chi connectivity index (χ3n) is 4.43. The maximum Gasteiger partial charge on any atom is 0.416 e. The van der Waals surface area contributed by atoms with Gasteiger partial charge in [0.15, 0.2) is 11.6 Å². The van der Waals surface area contributed by atoms with Gasteiger partial charge >= 0.3 is 6.18 Å². The van der Waals surface area contributed by atoms with E-state index in [1.165, 1.54) is 24.4 Å². The van der Waals surface area contributed by atoms with Crippen molar-refractivity contribution in [1.82, 2.24) is 19.9 Å². The van der Waals surface area contributed by atoms with Crippen molar-refractivity contribution in [2.24, 2.45) is 0 Å². The van der Waals surface area contributed by atoms with Gasteiger partial charge in [-0.05, 0) is 25.1 Å². The third kappa shape index (κ3) is 3.26. The summed E-state index contributed by atoms with van der Waals surface area (Å²) in [7, 11) is 0. The molecule has 0 aliphatic rings. The first-order valence-corrected chi connectivity index (χ1v) is 8.30. The van der Waals surface area contributed by atoms with Gasteiger partial charge in [0.05, 0.1) is 16.8 Å². The number of nitrogens with two attached hydrogens (primary N) is 1. The zero-order valence-electron chi connectivity index (χ0n) is 14.8. The normalized spacial score (nSPS) is 11.9. The van der Waals surface area contributed by atoms with Crippen LogP contribution in [-0.4, -0.2) is 19.9 Å². The fraction of sp³-hybridized carbons (Fsp3) is 0.105. The van der Waals surface area contributed by atoms with Gasteiger partial charge in [0.1, 0.15) is 11.3 Å². The molecule has 0 radical (unpaired) electrons. The van der Waals surface area contributed by atoms with Crippen molar-refractivity contribution < 1.29 is 22.0 Å². The molecular weight excluding hydrogens is 393 g/mol. The number of H-pyrrole nitrogens is 1. The number of aromatic amines is 1. The Kier molecular flexibility index (Phi) is 4.21. The Bertz CT molecular complexity index is 1230. The lowest BCUT2D eigenvalue weighted by atomic mass is 10.0. The van der Waals surface area contributed by atoms with E-state index in [0.717, 1.165) is 12.1 Å². The van der Waals surface area contributed by atoms with E-state index in [2.05, 4.69) is 19.9 Å². The van der Waals surface area contributed by atoms with Crippen molar-refractivity contribution in [2.45, 2.75) is 13.1 Å². The lowest BCUT2D eigenvalue weighted by molar-refractivity contribution is -0.137. The number of anilines is 1. The summed E-state index contributed by atoms with van der Waals surface area (Å²) >= 11 is 0. The maximum atomic E-state index is 14.7. The molecule has 148 valence electrons. The Balaban J connectivity index is 1.83. The molecular formula is C19H12F5N5. The van der Waals surface area contributed by atoms with Crippen LogP contribution in [0.25, 0.3) is 33.5 Å². The molecule has 29 heavy (non-hydrogen) atoms. The molecule has 0 fully saturated rings. The predicted molar refractivity (Wildman–Crippen MR) is 96.6 cm³/mol. The van der Waals surface area contributed by atoms with Crippen LogP contribution in [0.5, 0.6) is 0 Å². The number of hydrogen-bond donors (Lipinski definition) is 2. The minimum atomic E-state index is -4.48. The highest BCUT2D eigenvalue weighted by atomic mass is 19.4. The van der Waals surface area contributed by atoms with Crippen LogP contribution >= 0.6 is 0 Å². The number of nitrogens with zero attached hydrogens (tertiary/aromatic N) is 3. The largest absolute Gasteiger partial charge is 0.416 e. The molecule has 0 saturated carbocycles. The first-order valence-electron chi connectivity index (χ1n) is 8.30. The lowest BCUT2D eigenvalue weighted by Crippen LogP contribution is -2.04. The van der Waals surface area contributed by atoms with E-state index in [9.17, 15) is 22.0 Å². The fourth-order valence-corrected chi connectivity index (χ4v) is 2.99. The van der Waals surface area contributed by atoms with Crippen LogP contribution in [0.4, 0.5) is 27.9 Å². The molecule has 0 aliphatic heterocycles. The Morgan fingerprint density at radius 3 is 2.28 bits per heavy atom. The number of imidazole rings is 1. The van der Waals surface area contributed by atoms with Crippen molar-refractivity contribution in [3.8, 4) is 22.5 Å². The average Bonchev–Trinajstić information content (AvgIpc) is 3.09. The molecule has 4 rings (SSSR count). The molecule has 2 aromatic heterocycles. The molecule has 0 spiro atoms. The van der Waals surface area contributed by atoms with Crippen LogP contribution in [-0.2, 0) is 6.18 Å². The third-order valence-corrected chi connectivity index (χ3v) is 4.43. The summed E-state index contributed by atoms with van der Waals surface area (Å²) in [5.74, 6) is -2.23. The molecule has 4 aromatic rings. The summed E-state index contributed by atoms with van der Waals surface area (Å²) in [4.78, 5) is 14.6. The van der Waals surface area contributed by atoms with Gasteiger partial charge in [0.25, 0.3) is 0 Å². The molecule has 10 heteroatoms. The zero-order chi connectivity index (χ0) is 20.9. The number of nitrogen functional groups attached to an aromatic ring is 1. The van der Waals surface area contributed by atoms with Gasteiger partial charge < -0.3 is 10.7 Å². The zero-order valence-corrected chi connectivity index (χ0v) is 14.8. The molecule has 0 amide bonds. The smallest absolute Gasteiger partial charge is 0.368 e. The van der Waals surface area contributed by atoms with Crippen LogP contribution < -0.4 is 5.73 Å². The second kappa shape index (κ2) is 6.50. The summed E-state index contributed by atoms with van der Waals surface area (Å²) < 4.78 is 67.4. The molecule has 5 nitrogen and oxygen atoms in total. The molecule has 0 bridgehead atoms. The Hall–Kier alpha value is -3.56. The topological polar surface area (TPSA) is 80.5 Å². The minimum Gasteiger partial charge on any atom is -0.368 e. The van der Waals surface area contributed by atoms with Gasteiger partial charge in [-0.1, -0.05) is 12.1 Å². The van der Waals surface area contributed by atoms with Crippen molar-refractivity contribution in [3.63, 3.8) is 0 Å². The minimum absolute atomic E-state index is 0.000613. The molecule has 0 atom stereocenters. The summed E-state index contributed by atoms with van der Waals surface area (Å²) in [6.45, 7) is 1.58. The second-order valence-corrected chi connectivity index (χ2v) is 6.34. The highest BCUT2D eigenvalue weighted by molar-refractivity contribution is 5.86. The molecule has 3 N–H and O–H groups in total. The summed E-state index contributed by atoms with van der Waals surface area (Å²) in [6.07, 6.45) is -3.19. The summed E-state index contributed by atoms with van der Waals surface area (Å²) in [5.41, 5.74) is 5.39. The monoisotopic (exact) mass is 405 g/mol. The molecule has 2 aromatic carbocycles. The number of benzene rings is 2. The van der Waals surface area contributed by atoms with E-state index < -0.39 is 23.4 Å². The highest BCUT2D eigenvalue weighted by Gasteiger charge is 2.30. The van der Waals surface area contributed by atoms with Crippen molar-refractivity contribution in [2.75, 3.05) is 5.73 Å². The van der Waals surface area contributed by atoms with Crippen molar-refractivity contribution in [1.29, 1.82) is 0 Å². The molecule has 0 unspecified atom stereocenters. The Morgan fingerprint density at radius 2 is 1.66 bits per heavy atom. The highest BCUT2D eigenvalue weighted by Crippen LogP contribution is 2.34. The number of halogens is 5. The second-order valence-electron chi connectivity index (χ2n) is 6.34. The van der Waals surface area contributed by atoms with Gasteiger partial charge in [0.2, 0.25) is 5.95 Å². The summed E-state index contributed by atoms with van der Waals surface area (Å²) in [5, 5.41) is 0. The molecule has 2 heterocycles.